The highest BCUT2D eigenvalue weighted by Crippen LogP contribution is 2.44. The maximum absolute atomic E-state index is 9.70. The first-order valence-corrected chi connectivity index (χ1v) is 16.1. The van der Waals surface area contributed by atoms with Crippen molar-refractivity contribution in [3.8, 4) is 33.4 Å². The summed E-state index contributed by atoms with van der Waals surface area (Å²) < 4.78 is 185. The zero-order valence-electron chi connectivity index (χ0n) is 46.9. The molecular formula is C50H33NO. The fourth-order valence-electron chi connectivity index (χ4n) is 6.40. The number of fused-ring (bicyclic) bond motifs is 6. The fourth-order valence-corrected chi connectivity index (χ4v) is 6.40. The smallest absolute Gasteiger partial charge is 0.143 e. The van der Waals surface area contributed by atoms with E-state index in [-0.39, 0.29) is 5.69 Å². The number of rotatable bonds is 6. The second-order valence-corrected chi connectivity index (χ2v) is 11.8. The van der Waals surface area contributed by atoms with E-state index in [4.69, 9.17) is 20.9 Å². The Bertz CT molecular complexity index is 3980. The molecule has 244 valence electrons. The van der Waals surface area contributed by atoms with Crippen LogP contribution in [0.5, 0.6) is 0 Å². The molecule has 0 atom stereocenters. The van der Waals surface area contributed by atoms with Crippen LogP contribution in [0, 0.1) is 0 Å². The van der Waals surface area contributed by atoms with Crippen molar-refractivity contribution in [3.63, 3.8) is 0 Å². The molecule has 0 aliphatic heterocycles. The third-order valence-electron chi connectivity index (χ3n) is 8.80. The summed E-state index contributed by atoms with van der Waals surface area (Å²) in [4.78, 5) is 1.01. The largest absolute Gasteiger partial charge is 0.455 e. The number of anilines is 3. The molecule has 0 aliphatic carbocycles. The van der Waals surface area contributed by atoms with E-state index in [0.29, 0.717) is 27.7 Å². The Morgan fingerprint density at radius 1 is 0.404 bits per heavy atom. The standard InChI is InChI=1S/C50H33NO/c1-2-11-34(12-3-1)35-21-27-40(28-22-35)51(41-29-23-38(24-30-41)43-19-10-15-36-13-4-6-16-42(36)43)48-20-9-8-17-44(48)39-26-32-49-47(33-39)46-31-25-37-14-5-7-18-45(37)50(46)52-49/h1-33H/i1D,2D,3D,4D,6D,10D,11D,12D,13D,15D,16D,19D,21D,22D,23D,24D,27D,28D,29D,30D. The van der Waals surface area contributed by atoms with Crippen LogP contribution in [0.1, 0.15) is 27.4 Å². The Morgan fingerprint density at radius 3 is 1.94 bits per heavy atom. The van der Waals surface area contributed by atoms with E-state index in [1.54, 1.807) is 30.3 Å². The van der Waals surface area contributed by atoms with Crippen LogP contribution in [0.25, 0.3) is 76.9 Å². The van der Waals surface area contributed by atoms with E-state index in [9.17, 15) is 11.0 Å². The molecule has 0 radical (unpaired) electrons. The molecular weight excluding hydrogens is 631 g/mol. The molecule has 10 rings (SSSR count). The predicted octanol–water partition coefficient (Wildman–Crippen LogP) is 14.4. The summed E-state index contributed by atoms with van der Waals surface area (Å²) in [6, 6.07) is 6.67. The van der Waals surface area contributed by atoms with Crippen LogP contribution < -0.4 is 4.90 Å². The highest BCUT2D eigenvalue weighted by Gasteiger charge is 2.19. The monoisotopic (exact) mass is 683 g/mol. The van der Waals surface area contributed by atoms with Gasteiger partial charge in [0.15, 0.2) is 0 Å². The molecule has 52 heavy (non-hydrogen) atoms. The summed E-state index contributed by atoms with van der Waals surface area (Å²) in [5.41, 5.74) is -1.90. The van der Waals surface area contributed by atoms with Gasteiger partial charge in [-0.25, -0.2) is 0 Å². The van der Waals surface area contributed by atoms with Crippen LogP contribution in [0.4, 0.5) is 17.1 Å². The summed E-state index contributed by atoms with van der Waals surface area (Å²) in [5, 5.41) is 2.26. The lowest BCUT2D eigenvalue weighted by atomic mass is 9.97. The van der Waals surface area contributed by atoms with Crippen LogP contribution >= 0.6 is 0 Å². The third kappa shape index (κ3) is 5.12. The molecule has 0 spiro atoms. The van der Waals surface area contributed by atoms with Gasteiger partial charge in [0.2, 0.25) is 0 Å². The lowest BCUT2D eigenvalue weighted by Gasteiger charge is -2.28. The van der Waals surface area contributed by atoms with E-state index in [0.717, 1.165) is 21.1 Å². The Labute approximate surface area is 330 Å². The molecule has 9 aromatic carbocycles. The summed E-state index contributed by atoms with van der Waals surface area (Å²) in [6.07, 6.45) is 0. The maximum Gasteiger partial charge on any atom is 0.143 e. The molecule has 0 N–H and O–H groups in total. The molecule has 0 aliphatic rings. The summed E-state index contributed by atoms with van der Waals surface area (Å²) in [5.74, 6) is 0. The van der Waals surface area contributed by atoms with Gasteiger partial charge < -0.3 is 9.32 Å². The van der Waals surface area contributed by atoms with Gasteiger partial charge in [-0.15, -0.1) is 0 Å². The minimum Gasteiger partial charge on any atom is -0.455 e. The molecule has 2 heteroatoms. The van der Waals surface area contributed by atoms with Crippen molar-refractivity contribution in [1.82, 2.24) is 0 Å². The first kappa shape index (κ1) is 16.0. The van der Waals surface area contributed by atoms with E-state index >= 15 is 0 Å². The van der Waals surface area contributed by atoms with Crippen molar-refractivity contribution in [2.24, 2.45) is 0 Å². The van der Waals surface area contributed by atoms with E-state index in [1.165, 1.54) is 6.07 Å². The summed E-state index contributed by atoms with van der Waals surface area (Å²) in [7, 11) is 0. The molecule has 0 saturated carbocycles. The quantitative estimate of drug-likeness (QED) is 0.173. The van der Waals surface area contributed by atoms with E-state index in [1.807, 2.05) is 42.5 Å². The zero-order chi connectivity index (χ0) is 51.8. The number of para-hydroxylation sites is 1. The molecule has 0 unspecified atom stereocenters. The van der Waals surface area contributed by atoms with E-state index in [2.05, 4.69) is 0 Å². The minimum absolute atomic E-state index is 0.00670. The van der Waals surface area contributed by atoms with Crippen LogP contribution in [-0.2, 0) is 0 Å². The van der Waals surface area contributed by atoms with Gasteiger partial charge in [-0.05, 0) is 92.4 Å². The molecule has 2 nitrogen and oxygen atoms in total. The highest BCUT2D eigenvalue weighted by atomic mass is 16.3. The van der Waals surface area contributed by atoms with Gasteiger partial charge >= 0.3 is 0 Å². The van der Waals surface area contributed by atoms with Crippen LogP contribution in [-0.4, -0.2) is 0 Å². The molecule has 1 aromatic heterocycles. The van der Waals surface area contributed by atoms with Crippen LogP contribution in [0.2, 0.25) is 0 Å². The Morgan fingerprint density at radius 2 is 1.10 bits per heavy atom. The fraction of sp³-hybridized carbons (Fsp3) is 0. The predicted molar refractivity (Wildman–Crippen MR) is 220 cm³/mol. The lowest BCUT2D eigenvalue weighted by Crippen LogP contribution is -2.11. The van der Waals surface area contributed by atoms with Crippen molar-refractivity contribution in [2.75, 3.05) is 4.90 Å². The Hall–Kier alpha value is -6.90. The maximum atomic E-state index is 9.70. The van der Waals surface area contributed by atoms with Crippen molar-refractivity contribution in [1.29, 1.82) is 0 Å². The van der Waals surface area contributed by atoms with Crippen molar-refractivity contribution < 1.29 is 31.8 Å². The van der Waals surface area contributed by atoms with Gasteiger partial charge in [-0.1, -0.05) is 151 Å². The van der Waals surface area contributed by atoms with Crippen LogP contribution in [0.3, 0.4) is 0 Å². The average Bonchev–Trinajstić information content (AvgIpc) is 3.76. The van der Waals surface area contributed by atoms with Gasteiger partial charge in [0.05, 0.1) is 33.1 Å². The lowest BCUT2D eigenvalue weighted by molar-refractivity contribution is 0.672. The Balaban J connectivity index is 1.31. The number of benzene rings is 9. The summed E-state index contributed by atoms with van der Waals surface area (Å²) >= 11 is 0. The molecule has 10 aromatic rings. The van der Waals surface area contributed by atoms with Crippen molar-refractivity contribution >= 4 is 60.5 Å². The zero-order valence-corrected chi connectivity index (χ0v) is 26.9. The first-order chi connectivity index (χ1) is 34.1. The molecule has 0 amide bonds. The molecule has 0 fully saturated rings. The second kappa shape index (κ2) is 12.5. The van der Waals surface area contributed by atoms with Gasteiger partial charge in [0.1, 0.15) is 11.2 Å². The number of furan rings is 1. The average molecular weight is 684 g/mol. The third-order valence-corrected chi connectivity index (χ3v) is 8.80. The normalized spacial score (nSPS) is 16.8. The van der Waals surface area contributed by atoms with Crippen LogP contribution in [0.15, 0.2) is 204 Å². The Kier molecular flexibility index (Phi) is 3.83. The topological polar surface area (TPSA) is 16.4 Å². The van der Waals surface area contributed by atoms with Gasteiger partial charge in [-0.3, -0.25) is 0 Å². The number of hydrogen-bond acceptors (Lipinski definition) is 2. The van der Waals surface area contributed by atoms with Gasteiger partial charge in [-0.2, -0.15) is 0 Å². The second-order valence-electron chi connectivity index (χ2n) is 11.8. The summed E-state index contributed by atoms with van der Waals surface area (Å²) in [6.45, 7) is 0. The molecule has 0 bridgehead atoms. The number of nitrogens with zero attached hydrogens (tertiary/aromatic N) is 1. The SMILES string of the molecule is [2H]c1c([2H])c([2H])c(-c2c([2H])c([2H])c(N(c3ccccc3-c3ccc4oc5c6ccccc6ccc5c4c3)c3c([2H])c([2H])c(-c4c([2H])c([2H])c([2H])c5c([2H])c([2H])c([2H])c([2H])c45)c([2H])c3[2H])c([2H])c2[2H])c([2H])c1[2H]. The highest BCUT2D eigenvalue weighted by molar-refractivity contribution is 6.15. The minimum atomic E-state index is -0.905. The van der Waals surface area contributed by atoms with Crippen molar-refractivity contribution in [3.05, 3.63) is 200 Å². The van der Waals surface area contributed by atoms with Gasteiger partial charge in [0.25, 0.3) is 0 Å². The first-order valence-electron chi connectivity index (χ1n) is 26.1. The number of hydrogen-bond donors (Lipinski definition) is 0. The van der Waals surface area contributed by atoms with Gasteiger partial charge in [0, 0.05) is 33.1 Å². The molecule has 1 heterocycles. The molecule has 0 saturated heterocycles. The van der Waals surface area contributed by atoms with E-state index < -0.39 is 165 Å². The van der Waals surface area contributed by atoms with Crippen molar-refractivity contribution in [2.45, 2.75) is 0 Å².